The maximum atomic E-state index is 12.9. The fourth-order valence-electron chi connectivity index (χ4n) is 3.92. The van der Waals surface area contributed by atoms with E-state index >= 15 is 0 Å². The monoisotopic (exact) mass is 446 g/mol. The number of benzene rings is 2. The molecule has 1 aromatic heterocycles. The molecule has 0 bridgehead atoms. The van der Waals surface area contributed by atoms with Crippen molar-refractivity contribution in [2.75, 3.05) is 12.4 Å². The Morgan fingerprint density at radius 3 is 2.53 bits per heavy atom. The average Bonchev–Trinajstić information content (AvgIpc) is 3.05. The lowest BCUT2D eigenvalue weighted by Gasteiger charge is -2.23. The minimum Gasteiger partial charge on any atom is -0.496 e. The number of amides is 1. The highest BCUT2D eigenvalue weighted by molar-refractivity contribution is 6.39. The van der Waals surface area contributed by atoms with Crippen LogP contribution in [0, 0.1) is 0 Å². The molecule has 1 aliphatic carbocycles. The van der Waals surface area contributed by atoms with Crippen LogP contribution < -0.4 is 15.4 Å². The summed E-state index contributed by atoms with van der Waals surface area (Å²) in [6, 6.07) is 9.12. The molecular formula is C22H24Cl2N4O2. The number of rotatable bonds is 5. The zero-order chi connectivity index (χ0) is 21.3. The number of aromatic nitrogens is 2. The number of methoxy groups -OCH3 is 1. The van der Waals surface area contributed by atoms with Gasteiger partial charge in [0.1, 0.15) is 5.75 Å². The number of hydrogen-bond donors (Lipinski definition) is 2. The molecule has 0 unspecified atom stereocenters. The predicted molar refractivity (Wildman–Crippen MR) is 121 cm³/mol. The number of carbonyl (C=O) groups is 1. The maximum absolute atomic E-state index is 12.9. The molecule has 1 saturated carbocycles. The Morgan fingerprint density at radius 1 is 1.17 bits per heavy atom. The van der Waals surface area contributed by atoms with E-state index in [1.807, 2.05) is 17.7 Å². The molecule has 6 nitrogen and oxygen atoms in total. The van der Waals surface area contributed by atoms with Crippen LogP contribution in [0.2, 0.25) is 10.0 Å². The summed E-state index contributed by atoms with van der Waals surface area (Å²) in [5.41, 5.74) is 2.57. The highest BCUT2D eigenvalue weighted by Gasteiger charge is 2.21. The van der Waals surface area contributed by atoms with Crippen LogP contribution in [0.25, 0.3) is 11.0 Å². The summed E-state index contributed by atoms with van der Waals surface area (Å²) in [6.45, 7) is 0. The van der Waals surface area contributed by atoms with Gasteiger partial charge in [0.15, 0.2) is 0 Å². The quantitative estimate of drug-likeness (QED) is 0.527. The number of fused-ring (bicyclic) bond motifs is 1. The maximum Gasteiger partial charge on any atom is 0.255 e. The molecule has 1 amide bonds. The van der Waals surface area contributed by atoms with Crippen molar-refractivity contribution in [3.05, 3.63) is 45.9 Å². The zero-order valence-corrected chi connectivity index (χ0v) is 18.5. The molecule has 1 heterocycles. The van der Waals surface area contributed by atoms with Crippen molar-refractivity contribution in [3.8, 4) is 5.75 Å². The van der Waals surface area contributed by atoms with E-state index in [0.717, 1.165) is 31.2 Å². The van der Waals surface area contributed by atoms with E-state index in [1.165, 1.54) is 6.42 Å². The van der Waals surface area contributed by atoms with E-state index in [1.54, 1.807) is 31.4 Å². The summed E-state index contributed by atoms with van der Waals surface area (Å²) in [5, 5.41) is 7.34. The number of aryl methyl sites for hydroxylation is 1. The van der Waals surface area contributed by atoms with E-state index in [4.69, 9.17) is 27.9 Å². The summed E-state index contributed by atoms with van der Waals surface area (Å²) < 4.78 is 7.40. The molecule has 0 spiro atoms. The largest absolute Gasteiger partial charge is 0.496 e. The number of anilines is 2. The van der Waals surface area contributed by atoms with Crippen molar-refractivity contribution in [1.82, 2.24) is 14.9 Å². The van der Waals surface area contributed by atoms with Crippen LogP contribution in [0.3, 0.4) is 0 Å². The predicted octanol–water partition coefficient (Wildman–Crippen LogP) is 5.69. The smallest absolute Gasteiger partial charge is 0.255 e. The van der Waals surface area contributed by atoms with Gasteiger partial charge in [0.2, 0.25) is 5.95 Å². The van der Waals surface area contributed by atoms with Crippen molar-refractivity contribution < 1.29 is 9.53 Å². The van der Waals surface area contributed by atoms with Gasteiger partial charge in [-0.3, -0.25) is 4.79 Å². The molecule has 2 N–H and O–H groups in total. The summed E-state index contributed by atoms with van der Waals surface area (Å²) >= 11 is 12.6. The number of halogens is 2. The van der Waals surface area contributed by atoms with Crippen LogP contribution in [0.1, 0.15) is 42.5 Å². The molecule has 158 valence electrons. The molecule has 0 radical (unpaired) electrons. The van der Waals surface area contributed by atoms with Crippen molar-refractivity contribution in [3.63, 3.8) is 0 Å². The fraction of sp³-hybridized carbons (Fsp3) is 0.364. The molecule has 1 fully saturated rings. The Bertz CT molecular complexity index is 1070. The lowest BCUT2D eigenvalue weighted by molar-refractivity contribution is 0.0925. The Balaban J connectivity index is 1.68. The van der Waals surface area contributed by atoms with E-state index in [2.05, 4.69) is 15.6 Å². The van der Waals surface area contributed by atoms with Gasteiger partial charge in [-0.05, 0) is 31.0 Å². The SMILES string of the molecule is COc1cc2c(cc1C(=O)NC1CCCCC1)nc(Nc1c(Cl)cccc1Cl)n2C. The lowest BCUT2D eigenvalue weighted by atomic mass is 9.95. The van der Waals surface area contributed by atoms with Gasteiger partial charge in [-0.25, -0.2) is 4.98 Å². The van der Waals surface area contributed by atoms with Crippen LogP contribution in [-0.2, 0) is 7.05 Å². The van der Waals surface area contributed by atoms with Gasteiger partial charge in [0.05, 0.1) is 39.4 Å². The van der Waals surface area contributed by atoms with Gasteiger partial charge in [-0.15, -0.1) is 0 Å². The van der Waals surface area contributed by atoms with Crippen molar-refractivity contribution in [2.24, 2.45) is 7.05 Å². The highest BCUT2D eigenvalue weighted by Crippen LogP contribution is 2.34. The normalized spacial score (nSPS) is 14.7. The molecule has 0 saturated heterocycles. The van der Waals surface area contributed by atoms with Crippen molar-refractivity contribution >= 4 is 51.8 Å². The summed E-state index contributed by atoms with van der Waals surface area (Å²) in [6.07, 6.45) is 5.59. The standard InChI is InChI=1S/C22H24Cl2N4O2/c1-28-18-12-19(30-2)14(21(29)25-13-7-4-3-5-8-13)11-17(18)26-22(28)27-20-15(23)9-6-10-16(20)24/h6,9-13H,3-5,7-8H2,1-2H3,(H,25,29)(H,26,27). The number of carbonyl (C=O) groups excluding carboxylic acids is 1. The molecular weight excluding hydrogens is 423 g/mol. The summed E-state index contributed by atoms with van der Waals surface area (Å²) in [7, 11) is 3.45. The third kappa shape index (κ3) is 4.07. The van der Waals surface area contributed by atoms with Crippen LogP contribution >= 0.6 is 23.2 Å². The second kappa shape index (κ2) is 8.74. The average molecular weight is 447 g/mol. The van der Waals surface area contributed by atoms with Gasteiger partial charge in [-0.2, -0.15) is 0 Å². The van der Waals surface area contributed by atoms with E-state index in [9.17, 15) is 4.79 Å². The fourth-order valence-corrected chi connectivity index (χ4v) is 4.41. The van der Waals surface area contributed by atoms with E-state index in [-0.39, 0.29) is 11.9 Å². The minimum atomic E-state index is -0.130. The lowest BCUT2D eigenvalue weighted by Crippen LogP contribution is -2.36. The van der Waals surface area contributed by atoms with Crippen LogP contribution in [0.4, 0.5) is 11.6 Å². The molecule has 0 aliphatic heterocycles. The van der Waals surface area contributed by atoms with Gasteiger partial charge in [-0.1, -0.05) is 48.5 Å². The topological polar surface area (TPSA) is 68.2 Å². The van der Waals surface area contributed by atoms with Gasteiger partial charge < -0.3 is 19.9 Å². The number of imidazole rings is 1. The van der Waals surface area contributed by atoms with Crippen LogP contribution in [0.5, 0.6) is 5.75 Å². The summed E-state index contributed by atoms with van der Waals surface area (Å²) in [5.74, 6) is 0.947. The molecule has 0 atom stereocenters. The Morgan fingerprint density at radius 2 is 1.87 bits per heavy atom. The number of hydrogen-bond acceptors (Lipinski definition) is 4. The van der Waals surface area contributed by atoms with Gasteiger partial charge in [0.25, 0.3) is 5.91 Å². The minimum absolute atomic E-state index is 0.130. The van der Waals surface area contributed by atoms with Gasteiger partial charge >= 0.3 is 0 Å². The number of para-hydroxylation sites is 1. The first kappa shape index (κ1) is 20.8. The second-order valence-corrected chi connectivity index (χ2v) is 8.38. The number of nitrogens with zero attached hydrogens (tertiary/aromatic N) is 2. The first-order valence-corrected chi connectivity index (χ1v) is 10.8. The van der Waals surface area contributed by atoms with Crippen LogP contribution in [-0.4, -0.2) is 28.6 Å². The van der Waals surface area contributed by atoms with E-state index in [0.29, 0.717) is 38.5 Å². The summed E-state index contributed by atoms with van der Waals surface area (Å²) in [4.78, 5) is 17.6. The molecule has 2 aromatic carbocycles. The molecule has 3 aromatic rings. The molecule has 30 heavy (non-hydrogen) atoms. The van der Waals surface area contributed by atoms with Crippen molar-refractivity contribution in [1.29, 1.82) is 0 Å². The van der Waals surface area contributed by atoms with E-state index < -0.39 is 0 Å². The zero-order valence-electron chi connectivity index (χ0n) is 17.0. The van der Waals surface area contributed by atoms with Crippen molar-refractivity contribution in [2.45, 2.75) is 38.1 Å². The van der Waals surface area contributed by atoms with Crippen LogP contribution in [0.15, 0.2) is 30.3 Å². The third-order valence-electron chi connectivity index (χ3n) is 5.59. The molecule has 4 rings (SSSR count). The second-order valence-electron chi connectivity index (χ2n) is 7.57. The third-order valence-corrected chi connectivity index (χ3v) is 6.22. The Kier molecular flexibility index (Phi) is 6.06. The first-order chi connectivity index (χ1) is 14.5. The highest BCUT2D eigenvalue weighted by atomic mass is 35.5. The molecule has 8 heteroatoms. The Labute approximate surface area is 185 Å². The molecule has 1 aliphatic rings. The van der Waals surface area contributed by atoms with Gasteiger partial charge in [0, 0.05) is 19.2 Å². The Hall–Kier alpha value is -2.44. The number of nitrogens with one attached hydrogen (secondary N) is 2. The number of ether oxygens (including phenoxy) is 1. The first-order valence-electron chi connectivity index (χ1n) is 10.0.